The van der Waals surface area contributed by atoms with Crippen LogP contribution < -0.4 is 5.32 Å². The van der Waals surface area contributed by atoms with Crippen LogP contribution in [0.25, 0.3) is 10.6 Å². The van der Waals surface area contributed by atoms with E-state index in [4.69, 9.17) is 0 Å². The second-order valence-electron chi connectivity index (χ2n) is 3.98. The highest BCUT2D eigenvalue weighted by Crippen LogP contribution is 2.37. The second kappa shape index (κ2) is 5.45. The van der Waals surface area contributed by atoms with E-state index in [1.807, 2.05) is 0 Å². The maximum absolute atomic E-state index is 13.1. The molecule has 2 aromatic rings. The lowest BCUT2D eigenvalue weighted by molar-refractivity contribution is -0.141. The predicted octanol–water partition coefficient (Wildman–Crippen LogP) is 3.83. The Bertz CT molecular complexity index is 601. The van der Waals surface area contributed by atoms with Gasteiger partial charge in [-0.15, -0.1) is 11.3 Å². The number of alkyl halides is 3. The topological polar surface area (TPSA) is 24.9 Å². The molecule has 1 aromatic carbocycles. The van der Waals surface area contributed by atoms with Crippen molar-refractivity contribution in [2.75, 3.05) is 7.05 Å². The van der Waals surface area contributed by atoms with E-state index < -0.39 is 23.5 Å². The fourth-order valence-corrected chi connectivity index (χ4v) is 2.73. The molecule has 8 heteroatoms. The van der Waals surface area contributed by atoms with Crippen molar-refractivity contribution in [3.63, 3.8) is 0 Å². The van der Waals surface area contributed by atoms with Gasteiger partial charge in [-0.1, -0.05) is 0 Å². The SMILES string of the molecule is CNCc1sc(-c2cc(F)cc(F)c2)nc1C(F)(F)F. The Morgan fingerprint density at radius 2 is 1.75 bits per heavy atom. The molecular weight excluding hydrogens is 299 g/mol. The van der Waals surface area contributed by atoms with E-state index in [0.717, 1.165) is 23.5 Å². The largest absolute Gasteiger partial charge is 0.434 e. The number of rotatable bonds is 3. The van der Waals surface area contributed by atoms with E-state index in [2.05, 4.69) is 10.3 Å². The standard InChI is InChI=1S/C12H9F5N2S/c1-18-5-9-10(12(15,16)17)19-11(20-9)6-2-7(13)4-8(14)3-6/h2-4,18H,5H2,1H3. The van der Waals surface area contributed by atoms with Crippen LogP contribution in [0.3, 0.4) is 0 Å². The molecule has 1 N–H and O–H groups in total. The summed E-state index contributed by atoms with van der Waals surface area (Å²) in [4.78, 5) is 3.44. The van der Waals surface area contributed by atoms with E-state index in [1.165, 1.54) is 7.05 Å². The minimum absolute atomic E-state index is 0.0136. The monoisotopic (exact) mass is 308 g/mol. The summed E-state index contributed by atoms with van der Waals surface area (Å²) in [5.41, 5.74) is -1.04. The molecule has 0 amide bonds. The third kappa shape index (κ3) is 3.13. The van der Waals surface area contributed by atoms with Gasteiger partial charge in [-0.3, -0.25) is 0 Å². The smallest absolute Gasteiger partial charge is 0.315 e. The van der Waals surface area contributed by atoms with Crippen LogP contribution in [-0.4, -0.2) is 12.0 Å². The summed E-state index contributed by atoms with van der Waals surface area (Å²) in [6, 6.07) is 2.55. The van der Waals surface area contributed by atoms with E-state index in [0.29, 0.717) is 6.07 Å². The number of thiazole rings is 1. The normalized spacial score (nSPS) is 11.9. The highest BCUT2D eigenvalue weighted by atomic mass is 32.1. The van der Waals surface area contributed by atoms with E-state index >= 15 is 0 Å². The summed E-state index contributed by atoms with van der Waals surface area (Å²) in [6.07, 6.45) is -4.60. The molecule has 0 aliphatic heterocycles. The highest BCUT2D eigenvalue weighted by molar-refractivity contribution is 7.15. The number of hydrogen-bond donors (Lipinski definition) is 1. The molecule has 0 radical (unpaired) electrons. The summed E-state index contributed by atoms with van der Waals surface area (Å²) in [6.45, 7) is -0.0235. The lowest BCUT2D eigenvalue weighted by Crippen LogP contribution is -2.12. The van der Waals surface area contributed by atoms with Crippen LogP contribution in [0.4, 0.5) is 22.0 Å². The molecule has 2 nitrogen and oxygen atoms in total. The zero-order chi connectivity index (χ0) is 14.9. The van der Waals surface area contributed by atoms with Crippen LogP contribution in [0.1, 0.15) is 10.6 Å². The van der Waals surface area contributed by atoms with E-state index in [1.54, 1.807) is 0 Å². The molecule has 0 saturated carbocycles. The zero-order valence-corrected chi connectivity index (χ0v) is 11.0. The molecular formula is C12H9F5N2S. The van der Waals surface area contributed by atoms with Crippen LogP contribution >= 0.6 is 11.3 Å². The molecule has 0 aliphatic rings. The van der Waals surface area contributed by atoms with Crippen molar-refractivity contribution in [3.05, 3.63) is 40.4 Å². The second-order valence-corrected chi connectivity index (χ2v) is 5.06. The van der Waals surface area contributed by atoms with Gasteiger partial charge >= 0.3 is 6.18 Å². The predicted molar refractivity (Wildman–Crippen MR) is 65.2 cm³/mol. The van der Waals surface area contributed by atoms with E-state index in [-0.39, 0.29) is 22.0 Å². The van der Waals surface area contributed by atoms with Crippen molar-refractivity contribution in [1.82, 2.24) is 10.3 Å². The van der Waals surface area contributed by atoms with Crippen molar-refractivity contribution in [2.45, 2.75) is 12.7 Å². The summed E-state index contributed by atoms with van der Waals surface area (Å²) < 4.78 is 64.7. The molecule has 0 atom stereocenters. The Hall–Kier alpha value is -1.54. The van der Waals surface area contributed by atoms with Gasteiger partial charge in [0.25, 0.3) is 0 Å². The van der Waals surface area contributed by atoms with E-state index in [9.17, 15) is 22.0 Å². The Morgan fingerprint density at radius 1 is 1.15 bits per heavy atom. The molecule has 0 fully saturated rings. The van der Waals surface area contributed by atoms with Crippen LogP contribution in [0, 0.1) is 11.6 Å². The first-order valence-corrected chi connectivity index (χ1v) is 6.31. The van der Waals surface area contributed by atoms with Crippen LogP contribution in [0.2, 0.25) is 0 Å². The van der Waals surface area contributed by atoms with Crippen molar-refractivity contribution in [1.29, 1.82) is 0 Å². The molecule has 0 unspecified atom stereocenters. The molecule has 0 saturated heterocycles. The zero-order valence-electron chi connectivity index (χ0n) is 10.2. The van der Waals surface area contributed by atoms with Gasteiger partial charge in [-0.05, 0) is 19.2 Å². The van der Waals surface area contributed by atoms with Gasteiger partial charge in [0.1, 0.15) is 16.6 Å². The molecule has 20 heavy (non-hydrogen) atoms. The number of nitrogens with zero attached hydrogens (tertiary/aromatic N) is 1. The van der Waals surface area contributed by atoms with Gasteiger partial charge in [0.2, 0.25) is 0 Å². The minimum Gasteiger partial charge on any atom is -0.315 e. The third-order valence-electron chi connectivity index (χ3n) is 2.41. The van der Waals surface area contributed by atoms with Gasteiger partial charge < -0.3 is 5.32 Å². The molecule has 0 bridgehead atoms. The first-order chi connectivity index (χ1) is 9.31. The maximum atomic E-state index is 13.1. The van der Waals surface area contributed by atoms with Crippen molar-refractivity contribution in [3.8, 4) is 10.6 Å². The van der Waals surface area contributed by atoms with Gasteiger partial charge in [-0.25, -0.2) is 13.8 Å². The van der Waals surface area contributed by atoms with Crippen molar-refractivity contribution < 1.29 is 22.0 Å². The molecule has 0 aliphatic carbocycles. The summed E-state index contributed by atoms with van der Waals surface area (Å²) in [5.74, 6) is -1.72. The summed E-state index contributed by atoms with van der Waals surface area (Å²) in [7, 11) is 1.50. The Balaban J connectivity index is 2.52. The Labute approximate surface area is 115 Å². The van der Waals surface area contributed by atoms with Gasteiger partial charge in [0.05, 0.1) is 4.88 Å². The van der Waals surface area contributed by atoms with Gasteiger partial charge in [0.15, 0.2) is 5.69 Å². The maximum Gasteiger partial charge on any atom is 0.434 e. The summed E-state index contributed by atoms with van der Waals surface area (Å²) >= 11 is 0.755. The quantitative estimate of drug-likeness (QED) is 0.872. The Morgan fingerprint density at radius 3 is 2.25 bits per heavy atom. The average molecular weight is 308 g/mol. The Kier molecular flexibility index (Phi) is 4.05. The first kappa shape index (κ1) is 14.9. The molecule has 1 heterocycles. The average Bonchev–Trinajstić information content (AvgIpc) is 2.72. The van der Waals surface area contributed by atoms with Crippen LogP contribution in [0.5, 0.6) is 0 Å². The van der Waals surface area contributed by atoms with Crippen molar-refractivity contribution >= 4 is 11.3 Å². The summed E-state index contributed by atoms with van der Waals surface area (Å²) in [5, 5.41) is 2.54. The molecule has 2 rings (SSSR count). The molecule has 0 spiro atoms. The molecule has 108 valence electrons. The van der Waals surface area contributed by atoms with Crippen LogP contribution in [-0.2, 0) is 12.7 Å². The molecule has 1 aromatic heterocycles. The van der Waals surface area contributed by atoms with Gasteiger partial charge in [-0.2, -0.15) is 13.2 Å². The number of aromatic nitrogens is 1. The van der Waals surface area contributed by atoms with Crippen LogP contribution in [0.15, 0.2) is 18.2 Å². The highest BCUT2D eigenvalue weighted by Gasteiger charge is 2.37. The fourth-order valence-electron chi connectivity index (χ4n) is 1.65. The number of benzene rings is 1. The van der Waals surface area contributed by atoms with Crippen molar-refractivity contribution in [2.24, 2.45) is 0 Å². The number of halogens is 5. The third-order valence-corrected chi connectivity index (χ3v) is 3.52. The number of nitrogens with one attached hydrogen (secondary N) is 1. The first-order valence-electron chi connectivity index (χ1n) is 5.49. The minimum atomic E-state index is -4.60. The number of hydrogen-bond acceptors (Lipinski definition) is 3. The van der Waals surface area contributed by atoms with Gasteiger partial charge in [0, 0.05) is 18.2 Å². The lowest BCUT2D eigenvalue weighted by Gasteiger charge is -2.04. The fraction of sp³-hybridized carbons (Fsp3) is 0.250. The lowest BCUT2D eigenvalue weighted by atomic mass is 10.2.